The molecule has 2 aromatic rings. The fourth-order valence-electron chi connectivity index (χ4n) is 4.45. The fourth-order valence-corrected chi connectivity index (χ4v) is 6.07. The van der Waals surface area contributed by atoms with Gasteiger partial charge in [-0.3, -0.25) is 38.2 Å². The molecule has 0 saturated carbocycles. The summed E-state index contributed by atoms with van der Waals surface area (Å²) in [5, 5.41) is 2.14. The van der Waals surface area contributed by atoms with Crippen molar-refractivity contribution in [1.82, 2.24) is 10.2 Å². The Labute approximate surface area is 233 Å². The first kappa shape index (κ1) is 29.7. The third-order valence-corrected chi connectivity index (χ3v) is 8.67. The van der Waals surface area contributed by atoms with Gasteiger partial charge < -0.3 is 9.47 Å². The van der Waals surface area contributed by atoms with Crippen molar-refractivity contribution in [2.75, 3.05) is 32.2 Å². The summed E-state index contributed by atoms with van der Waals surface area (Å²) in [5.74, 6) is -2.45. The number of piperidine rings is 1. The molecule has 14 heteroatoms. The van der Waals surface area contributed by atoms with Crippen molar-refractivity contribution in [3.8, 4) is 0 Å². The van der Waals surface area contributed by atoms with Gasteiger partial charge in [-0.2, -0.15) is 8.42 Å². The third-order valence-electron chi connectivity index (χ3n) is 6.44. The first-order chi connectivity index (χ1) is 19.1. The lowest BCUT2D eigenvalue weighted by Crippen LogP contribution is -2.54. The monoisotopic (exact) mass is 592 g/mol. The summed E-state index contributed by atoms with van der Waals surface area (Å²) in [6.07, 6.45) is 1.40. The van der Waals surface area contributed by atoms with Crippen LogP contribution in [0.15, 0.2) is 52.3 Å². The quantitative estimate of drug-likeness (QED) is 0.195. The number of aryl methyl sites for hydroxylation is 1. The number of amides is 4. The minimum Gasteiger partial charge on any atom is -0.379 e. The average molecular weight is 593 g/mol. The lowest BCUT2D eigenvalue weighted by molar-refractivity contribution is -0.136. The summed E-state index contributed by atoms with van der Waals surface area (Å²) in [6, 6.07) is 9.33. The smallest absolute Gasteiger partial charge is 0.294 e. The second-order valence-electron chi connectivity index (χ2n) is 9.12. The molecule has 2 unspecified atom stereocenters. The zero-order chi connectivity index (χ0) is 28.9. The summed E-state index contributed by atoms with van der Waals surface area (Å²) in [6.45, 7) is 1.14. The van der Waals surface area contributed by atoms with Gasteiger partial charge in [0.15, 0.2) is 0 Å². The van der Waals surface area contributed by atoms with Gasteiger partial charge >= 0.3 is 0 Å². The first-order valence-electron chi connectivity index (χ1n) is 12.5. The molecule has 0 spiro atoms. The highest BCUT2D eigenvalue weighted by molar-refractivity contribution is 7.86. The van der Waals surface area contributed by atoms with Crippen LogP contribution in [0, 0.1) is 0 Å². The topological polar surface area (TPSA) is 173 Å². The maximum absolute atomic E-state index is 13.1. The Hall–Kier alpha value is -3.30. The van der Waals surface area contributed by atoms with E-state index in [9.17, 15) is 31.8 Å². The van der Waals surface area contributed by atoms with Crippen LogP contribution in [-0.4, -0.2) is 83.9 Å². The van der Waals surface area contributed by atoms with Crippen molar-refractivity contribution in [3.05, 3.63) is 59.2 Å². The van der Waals surface area contributed by atoms with Gasteiger partial charge in [0, 0.05) is 13.0 Å². The molecule has 2 aliphatic heterocycles. The summed E-state index contributed by atoms with van der Waals surface area (Å²) in [7, 11) is -5.86. The molecule has 2 heterocycles. The van der Waals surface area contributed by atoms with Crippen molar-refractivity contribution in [1.29, 1.82) is 0 Å². The molecule has 214 valence electrons. The second-order valence-corrected chi connectivity index (χ2v) is 12.1. The van der Waals surface area contributed by atoms with E-state index in [0.29, 0.717) is 26.1 Å². The lowest BCUT2D eigenvalue weighted by atomic mass is 10.0. The van der Waals surface area contributed by atoms with E-state index >= 15 is 0 Å². The molecule has 1 fully saturated rings. The predicted molar refractivity (Wildman–Crippen MR) is 141 cm³/mol. The third kappa shape index (κ3) is 6.88. The number of ether oxygens (including phenoxy) is 2. The molecule has 0 aliphatic carbocycles. The van der Waals surface area contributed by atoms with Crippen molar-refractivity contribution in [3.63, 3.8) is 0 Å². The molecular weight excluding hydrogens is 564 g/mol. The number of benzene rings is 2. The zero-order valence-electron chi connectivity index (χ0n) is 21.4. The van der Waals surface area contributed by atoms with Crippen LogP contribution in [0.25, 0.3) is 0 Å². The molecule has 1 saturated heterocycles. The molecule has 2 atom stereocenters. The molecule has 2 aliphatic rings. The van der Waals surface area contributed by atoms with Crippen LogP contribution in [0.2, 0.25) is 0 Å². The Kier molecular flexibility index (Phi) is 9.58. The van der Waals surface area contributed by atoms with Crippen LogP contribution in [0.4, 0.5) is 0 Å². The van der Waals surface area contributed by atoms with Crippen LogP contribution in [0.1, 0.15) is 45.5 Å². The van der Waals surface area contributed by atoms with Gasteiger partial charge in [0.2, 0.25) is 11.8 Å². The highest BCUT2D eigenvalue weighted by Crippen LogP contribution is 2.31. The fraction of sp³-hybridized carbons (Fsp3) is 0.385. The largest absolute Gasteiger partial charge is 0.379 e. The molecule has 4 rings (SSSR count). The van der Waals surface area contributed by atoms with E-state index in [1.807, 2.05) is 0 Å². The van der Waals surface area contributed by atoms with E-state index in [4.69, 9.17) is 14.0 Å². The standard InChI is InChI=1S/C26H28N2O10S2/c29-22-11-10-20(24(30)27-22)28-25(31)19-4-1-5-21(23(19)26(28)32)39(33)16-15-38-14-13-37-12-2-3-17-6-8-18(9-7-17)40(34,35)36/h1,4-9,20H,2-3,10-16H2,(H,27,29,30)(H,34,35,36). The summed E-state index contributed by atoms with van der Waals surface area (Å²) in [5.41, 5.74) is 0.985. The van der Waals surface area contributed by atoms with Crippen molar-refractivity contribution < 1.29 is 45.8 Å². The number of nitrogens with zero attached hydrogens (tertiary/aromatic N) is 1. The maximum Gasteiger partial charge on any atom is 0.294 e. The lowest BCUT2D eigenvalue weighted by Gasteiger charge is -2.27. The Balaban J connectivity index is 1.19. The average Bonchev–Trinajstić information content (AvgIpc) is 3.17. The van der Waals surface area contributed by atoms with Gasteiger partial charge in [-0.05, 0) is 49.1 Å². The van der Waals surface area contributed by atoms with Gasteiger partial charge in [0.25, 0.3) is 21.9 Å². The van der Waals surface area contributed by atoms with E-state index in [0.717, 1.165) is 10.5 Å². The molecule has 4 amide bonds. The Morgan fingerprint density at radius 3 is 2.33 bits per heavy atom. The molecule has 0 bridgehead atoms. The van der Waals surface area contributed by atoms with Crippen molar-refractivity contribution in [2.45, 2.75) is 41.5 Å². The summed E-state index contributed by atoms with van der Waals surface area (Å²) >= 11 is 0. The highest BCUT2D eigenvalue weighted by atomic mass is 32.2. The normalized spacial score (nSPS) is 18.1. The predicted octanol–water partition coefficient (Wildman–Crippen LogP) is 1.11. The SMILES string of the molecule is O=C1CCC(N2C(=O)c3cccc(S(=O)CCOCCOCCCc4ccc(S(=O)(=O)O)cc4)c3C2=O)C(=O)N1. The minimum atomic E-state index is -4.21. The summed E-state index contributed by atoms with van der Waals surface area (Å²) < 4.78 is 55.1. The van der Waals surface area contributed by atoms with E-state index in [1.54, 1.807) is 12.1 Å². The Morgan fingerprint density at radius 2 is 1.65 bits per heavy atom. The van der Waals surface area contributed by atoms with Crippen LogP contribution in [0.3, 0.4) is 0 Å². The van der Waals surface area contributed by atoms with Gasteiger partial charge in [0.1, 0.15) is 6.04 Å². The molecule has 0 aromatic heterocycles. The number of carbonyl (C=O) groups excluding carboxylic acids is 4. The number of rotatable bonds is 13. The van der Waals surface area contributed by atoms with Crippen molar-refractivity contribution in [2.24, 2.45) is 0 Å². The van der Waals surface area contributed by atoms with Crippen LogP contribution < -0.4 is 5.32 Å². The highest BCUT2D eigenvalue weighted by Gasteiger charge is 2.46. The molecule has 40 heavy (non-hydrogen) atoms. The van der Waals surface area contributed by atoms with E-state index in [1.165, 1.54) is 30.3 Å². The number of nitrogens with one attached hydrogen (secondary N) is 1. The van der Waals surface area contributed by atoms with E-state index < -0.39 is 50.6 Å². The number of fused-ring (bicyclic) bond motifs is 1. The minimum absolute atomic E-state index is 0.00601. The number of hydrogen-bond donors (Lipinski definition) is 2. The zero-order valence-corrected chi connectivity index (χ0v) is 23.0. The maximum atomic E-state index is 13.1. The van der Waals surface area contributed by atoms with Crippen LogP contribution in [-0.2, 0) is 46.4 Å². The number of carbonyl (C=O) groups is 4. The molecule has 0 radical (unpaired) electrons. The molecule has 2 N–H and O–H groups in total. The number of hydrogen-bond acceptors (Lipinski definition) is 9. The van der Waals surface area contributed by atoms with Crippen LogP contribution in [0.5, 0.6) is 0 Å². The Morgan fingerprint density at radius 1 is 0.950 bits per heavy atom. The number of imide groups is 2. The van der Waals surface area contributed by atoms with Gasteiger partial charge in [-0.25, -0.2) is 0 Å². The first-order valence-corrected chi connectivity index (χ1v) is 15.3. The van der Waals surface area contributed by atoms with Gasteiger partial charge in [-0.1, -0.05) is 18.2 Å². The van der Waals surface area contributed by atoms with E-state index in [-0.39, 0.29) is 52.7 Å². The molecular formula is C26H28N2O10S2. The molecule has 12 nitrogen and oxygen atoms in total. The van der Waals surface area contributed by atoms with Crippen LogP contribution >= 0.6 is 0 Å². The second kappa shape index (κ2) is 12.9. The van der Waals surface area contributed by atoms with Gasteiger partial charge in [0.05, 0.1) is 57.3 Å². The molecule has 2 aromatic carbocycles. The van der Waals surface area contributed by atoms with E-state index in [2.05, 4.69) is 5.32 Å². The van der Waals surface area contributed by atoms with Crippen molar-refractivity contribution >= 4 is 44.5 Å². The van der Waals surface area contributed by atoms with Gasteiger partial charge in [-0.15, -0.1) is 0 Å². The summed E-state index contributed by atoms with van der Waals surface area (Å²) in [4.78, 5) is 50.6. The Bertz CT molecular complexity index is 1440.